The molecule has 26 heavy (non-hydrogen) atoms. The largest absolute Gasteiger partial charge is 0.482 e. The number of Topliss-reactive ketones (excluding diaryl/α,β-unsaturated/α-hetero) is 1. The van der Waals surface area contributed by atoms with Gasteiger partial charge in [-0.25, -0.2) is 9.78 Å². The minimum Gasteiger partial charge on any atom is -0.482 e. The normalized spacial score (nSPS) is 18.3. The van der Waals surface area contributed by atoms with Gasteiger partial charge < -0.3 is 9.47 Å². The zero-order valence-corrected chi connectivity index (χ0v) is 15.6. The van der Waals surface area contributed by atoms with Crippen LogP contribution in [0.25, 0.3) is 6.08 Å². The van der Waals surface area contributed by atoms with Crippen LogP contribution in [-0.4, -0.2) is 35.0 Å². The molecule has 6 nitrogen and oxygen atoms in total. The zero-order chi connectivity index (χ0) is 18.5. The summed E-state index contributed by atoms with van der Waals surface area (Å²) in [5.41, 5.74) is 0.817. The maximum absolute atomic E-state index is 12.6. The molecule has 1 fully saturated rings. The van der Waals surface area contributed by atoms with Crippen molar-refractivity contribution in [1.29, 1.82) is 5.41 Å². The van der Waals surface area contributed by atoms with Crippen LogP contribution in [0.15, 0.2) is 40.7 Å². The summed E-state index contributed by atoms with van der Waals surface area (Å²) in [5.74, 6) is -0.562. The summed E-state index contributed by atoms with van der Waals surface area (Å²) in [7, 11) is 0. The van der Waals surface area contributed by atoms with Gasteiger partial charge in [0.2, 0.25) is 0 Å². The second-order valence-corrected chi connectivity index (χ2v) is 7.32. The maximum atomic E-state index is 12.6. The summed E-state index contributed by atoms with van der Waals surface area (Å²) in [6, 6.07) is 7.03. The molecule has 0 spiro atoms. The monoisotopic (exact) mass is 388 g/mol. The Morgan fingerprint density at radius 3 is 2.77 bits per heavy atom. The molecule has 1 saturated heterocycles. The molecular weight excluding hydrogens is 372 g/mol. The summed E-state index contributed by atoms with van der Waals surface area (Å²) < 4.78 is 10.1. The van der Waals surface area contributed by atoms with Gasteiger partial charge in [-0.05, 0) is 30.7 Å². The molecule has 2 heterocycles. The van der Waals surface area contributed by atoms with Crippen molar-refractivity contribution in [3.8, 4) is 5.75 Å². The standard InChI is InChI=1S/C18H16N2O4S2/c1-2-23-14(21)10-24-12-5-3-11(4-6-12)9-13-16(22)15(17(19)26-13)18-20-7-8-25-18/h3-9,15,19H,2,10H2,1H3/b13-9-,19-17?/t15-/m1/s1. The second kappa shape index (κ2) is 8.29. The van der Waals surface area contributed by atoms with Crippen molar-refractivity contribution in [3.05, 3.63) is 51.3 Å². The molecule has 0 amide bonds. The van der Waals surface area contributed by atoms with E-state index in [2.05, 4.69) is 4.98 Å². The fraction of sp³-hybridized carbons (Fsp3) is 0.222. The fourth-order valence-electron chi connectivity index (χ4n) is 2.35. The van der Waals surface area contributed by atoms with Crippen molar-refractivity contribution < 1.29 is 19.1 Å². The quantitative estimate of drug-likeness (QED) is 0.602. The van der Waals surface area contributed by atoms with E-state index in [9.17, 15) is 9.59 Å². The number of nitrogens with zero attached hydrogens (tertiary/aromatic N) is 1. The van der Waals surface area contributed by atoms with Crippen LogP contribution in [0.2, 0.25) is 0 Å². The van der Waals surface area contributed by atoms with E-state index in [-0.39, 0.29) is 12.4 Å². The molecule has 1 atom stereocenters. The molecule has 3 rings (SSSR count). The van der Waals surface area contributed by atoms with Crippen LogP contribution in [-0.2, 0) is 14.3 Å². The SMILES string of the molecule is CCOC(=O)COc1ccc(/C=C2\SC(=N)[C@H](c3nccs3)C2=O)cc1. The molecule has 0 unspecified atom stereocenters. The zero-order valence-electron chi connectivity index (χ0n) is 13.9. The van der Waals surface area contributed by atoms with E-state index in [1.165, 1.54) is 23.1 Å². The van der Waals surface area contributed by atoms with E-state index in [0.717, 1.165) is 5.56 Å². The van der Waals surface area contributed by atoms with E-state index in [1.807, 2.05) is 0 Å². The molecule has 1 N–H and O–H groups in total. The van der Waals surface area contributed by atoms with Crippen LogP contribution in [0.3, 0.4) is 0 Å². The highest BCUT2D eigenvalue weighted by Crippen LogP contribution is 2.41. The van der Waals surface area contributed by atoms with Crippen molar-refractivity contribution in [1.82, 2.24) is 4.98 Å². The van der Waals surface area contributed by atoms with Gasteiger partial charge in [-0.3, -0.25) is 10.2 Å². The first-order chi connectivity index (χ1) is 12.6. The average Bonchev–Trinajstić information content (AvgIpc) is 3.23. The Kier molecular flexibility index (Phi) is 5.85. The number of thioether (sulfide) groups is 1. The van der Waals surface area contributed by atoms with Gasteiger partial charge in [0, 0.05) is 11.6 Å². The highest BCUT2D eigenvalue weighted by Gasteiger charge is 2.38. The summed E-state index contributed by atoms with van der Waals surface area (Å²) in [6.45, 7) is 1.91. The number of benzene rings is 1. The van der Waals surface area contributed by atoms with Crippen molar-refractivity contribution in [3.63, 3.8) is 0 Å². The number of ketones is 1. The third-order valence-corrected chi connectivity index (χ3v) is 5.36. The number of carbonyl (C=O) groups excluding carboxylic acids is 2. The van der Waals surface area contributed by atoms with Crippen LogP contribution in [0.5, 0.6) is 5.75 Å². The number of thiazole rings is 1. The third kappa shape index (κ3) is 4.20. The number of esters is 1. The van der Waals surface area contributed by atoms with Crippen molar-refractivity contribution in [2.75, 3.05) is 13.2 Å². The summed E-state index contributed by atoms with van der Waals surface area (Å²) in [4.78, 5) is 28.6. The van der Waals surface area contributed by atoms with Gasteiger partial charge >= 0.3 is 5.97 Å². The molecule has 1 aromatic carbocycles. The molecule has 8 heteroatoms. The van der Waals surface area contributed by atoms with Crippen LogP contribution in [0, 0.1) is 5.41 Å². The lowest BCUT2D eigenvalue weighted by molar-refractivity contribution is -0.145. The molecule has 1 aliphatic heterocycles. The number of hydrogen-bond donors (Lipinski definition) is 1. The van der Waals surface area contributed by atoms with Gasteiger partial charge in [-0.15, -0.1) is 11.3 Å². The molecule has 1 aromatic heterocycles. The third-order valence-electron chi connectivity index (χ3n) is 3.53. The summed E-state index contributed by atoms with van der Waals surface area (Å²) >= 11 is 2.55. The highest BCUT2D eigenvalue weighted by atomic mass is 32.2. The van der Waals surface area contributed by atoms with E-state index >= 15 is 0 Å². The number of rotatable bonds is 6. The van der Waals surface area contributed by atoms with Crippen LogP contribution < -0.4 is 4.74 Å². The Morgan fingerprint density at radius 2 is 2.12 bits per heavy atom. The summed E-state index contributed by atoms with van der Waals surface area (Å²) in [6.07, 6.45) is 3.40. The Labute approximate surface area is 158 Å². The van der Waals surface area contributed by atoms with Gasteiger partial charge in [0.1, 0.15) is 16.7 Å². The number of hydrogen-bond acceptors (Lipinski definition) is 8. The smallest absolute Gasteiger partial charge is 0.344 e. The Morgan fingerprint density at radius 1 is 1.35 bits per heavy atom. The highest BCUT2D eigenvalue weighted by molar-refractivity contribution is 8.19. The lowest BCUT2D eigenvalue weighted by Crippen LogP contribution is -2.14. The van der Waals surface area contributed by atoms with E-state index in [0.29, 0.717) is 27.3 Å². The van der Waals surface area contributed by atoms with E-state index < -0.39 is 11.9 Å². The molecule has 0 bridgehead atoms. The molecule has 2 aromatic rings. The average molecular weight is 388 g/mol. The van der Waals surface area contributed by atoms with Crippen LogP contribution in [0.4, 0.5) is 0 Å². The van der Waals surface area contributed by atoms with Gasteiger partial charge in [0.25, 0.3) is 0 Å². The minimum absolute atomic E-state index is 0.0995. The van der Waals surface area contributed by atoms with Gasteiger partial charge in [-0.1, -0.05) is 23.9 Å². The predicted octanol–water partition coefficient (Wildman–Crippen LogP) is 3.50. The Hall–Kier alpha value is -2.45. The molecular formula is C18H16N2O4S2. The second-order valence-electron chi connectivity index (χ2n) is 5.31. The number of aromatic nitrogens is 1. The molecule has 1 aliphatic rings. The molecule has 134 valence electrons. The first kappa shape index (κ1) is 18.3. The number of nitrogens with one attached hydrogen (secondary N) is 1. The van der Waals surface area contributed by atoms with E-state index in [4.69, 9.17) is 14.9 Å². The lowest BCUT2D eigenvalue weighted by Gasteiger charge is -2.06. The van der Waals surface area contributed by atoms with Gasteiger partial charge in [0.05, 0.1) is 16.6 Å². The first-order valence-corrected chi connectivity index (χ1v) is 9.58. The van der Waals surface area contributed by atoms with Crippen LogP contribution >= 0.6 is 23.1 Å². The molecule has 0 radical (unpaired) electrons. The topological polar surface area (TPSA) is 89.3 Å². The van der Waals surface area contributed by atoms with Crippen LogP contribution in [0.1, 0.15) is 23.4 Å². The maximum Gasteiger partial charge on any atom is 0.344 e. The Balaban J connectivity index is 1.67. The van der Waals surface area contributed by atoms with Gasteiger partial charge in [-0.2, -0.15) is 0 Å². The van der Waals surface area contributed by atoms with Crippen molar-refractivity contribution in [2.45, 2.75) is 12.8 Å². The summed E-state index contributed by atoms with van der Waals surface area (Å²) in [5, 5.41) is 10.8. The van der Waals surface area contributed by atoms with Crippen molar-refractivity contribution >= 4 is 46.0 Å². The predicted molar refractivity (Wildman–Crippen MR) is 102 cm³/mol. The minimum atomic E-state index is -0.585. The molecule has 0 aliphatic carbocycles. The van der Waals surface area contributed by atoms with E-state index in [1.54, 1.807) is 48.8 Å². The first-order valence-electron chi connectivity index (χ1n) is 7.88. The van der Waals surface area contributed by atoms with Gasteiger partial charge in [0.15, 0.2) is 12.4 Å². The number of carbonyl (C=O) groups is 2. The molecule has 0 saturated carbocycles. The Bertz CT molecular complexity index is 845. The lowest BCUT2D eigenvalue weighted by atomic mass is 10.1. The number of allylic oxidation sites excluding steroid dienone is 1. The fourth-order valence-corrected chi connectivity index (χ4v) is 4.15. The van der Waals surface area contributed by atoms with Crippen molar-refractivity contribution in [2.24, 2.45) is 0 Å². The number of ether oxygens (including phenoxy) is 2.